The molecule has 2 aromatic rings. The molecule has 1 aromatic heterocycles. The van der Waals surface area contributed by atoms with E-state index in [-0.39, 0.29) is 0 Å². The molecule has 1 aromatic carbocycles. The van der Waals surface area contributed by atoms with Crippen molar-refractivity contribution in [3.8, 4) is 0 Å². The van der Waals surface area contributed by atoms with E-state index in [4.69, 9.17) is 4.98 Å². The van der Waals surface area contributed by atoms with Crippen molar-refractivity contribution >= 4 is 17.5 Å². The Hall–Kier alpha value is -2.10. The van der Waals surface area contributed by atoms with Crippen LogP contribution in [0.4, 0.5) is 17.5 Å². The highest BCUT2D eigenvalue weighted by molar-refractivity contribution is 5.66. The van der Waals surface area contributed by atoms with E-state index in [9.17, 15) is 0 Å². The molecule has 21 heavy (non-hydrogen) atoms. The molecule has 0 bridgehead atoms. The van der Waals surface area contributed by atoms with Crippen molar-refractivity contribution in [3.63, 3.8) is 0 Å². The summed E-state index contributed by atoms with van der Waals surface area (Å²) >= 11 is 0. The Morgan fingerprint density at radius 2 is 2.10 bits per heavy atom. The molecule has 0 saturated carbocycles. The number of nitrogens with zero attached hydrogens (tertiary/aromatic N) is 4. The van der Waals surface area contributed by atoms with Crippen LogP contribution in [0.2, 0.25) is 0 Å². The van der Waals surface area contributed by atoms with Gasteiger partial charge in [0.25, 0.3) is 0 Å². The topological polar surface area (TPSA) is 32.3 Å². The molecule has 0 N–H and O–H groups in total. The Morgan fingerprint density at radius 1 is 1.24 bits per heavy atom. The molecule has 0 radical (unpaired) electrons. The smallest absolute Gasteiger partial charge is 0.231 e. The summed E-state index contributed by atoms with van der Waals surface area (Å²) in [5, 5.41) is 0. The lowest BCUT2D eigenvalue weighted by Crippen LogP contribution is -2.22. The number of rotatable bonds is 5. The number of unbranched alkanes of at least 4 members (excludes halogenated alkanes) is 1. The lowest BCUT2D eigenvalue weighted by molar-refractivity contribution is 0.757. The predicted molar refractivity (Wildman–Crippen MR) is 87.4 cm³/mol. The SMILES string of the molecule is CCCCN(C)c1ccnc(N2CCc3ccccc32)n1. The highest BCUT2D eigenvalue weighted by atomic mass is 15.3. The summed E-state index contributed by atoms with van der Waals surface area (Å²) in [6, 6.07) is 10.5. The predicted octanol–water partition coefficient (Wildman–Crippen LogP) is 3.41. The molecule has 4 heteroatoms. The molecule has 0 saturated heterocycles. The zero-order chi connectivity index (χ0) is 14.7. The Labute approximate surface area is 126 Å². The van der Waals surface area contributed by atoms with Crippen LogP contribution in [0.3, 0.4) is 0 Å². The third-order valence-electron chi connectivity index (χ3n) is 3.99. The van der Waals surface area contributed by atoms with Crippen LogP contribution < -0.4 is 9.80 Å². The minimum atomic E-state index is 0.806. The fourth-order valence-corrected chi connectivity index (χ4v) is 2.74. The Morgan fingerprint density at radius 3 is 2.95 bits per heavy atom. The van der Waals surface area contributed by atoms with Crippen molar-refractivity contribution in [1.29, 1.82) is 0 Å². The summed E-state index contributed by atoms with van der Waals surface area (Å²) in [6.45, 7) is 4.20. The normalized spacial score (nSPS) is 13.3. The molecule has 3 rings (SSSR count). The van der Waals surface area contributed by atoms with E-state index in [1.54, 1.807) is 0 Å². The van der Waals surface area contributed by atoms with Gasteiger partial charge in [-0.3, -0.25) is 0 Å². The summed E-state index contributed by atoms with van der Waals surface area (Å²) in [5.41, 5.74) is 2.62. The molecule has 0 unspecified atom stereocenters. The highest BCUT2D eigenvalue weighted by Crippen LogP contribution is 2.32. The van der Waals surface area contributed by atoms with E-state index in [2.05, 4.69) is 53.0 Å². The van der Waals surface area contributed by atoms with Gasteiger partial charge in [0.15, 0.2) is 0 Å². The average Bonchev–Trinajstić information content (AvgIpc) is 2.97. The number of fused-ring (bicyclic) bond motifs is 1. The number of aromatic nitrogens is 2. The summed E-state index contributed by atoms with van der Waals surface area (Å²) in [7, 11) is 2.10. The summed E-state index contributed by atoms with van der Waals surface area (Å²) in [6.07, 6.45) is 5.31. The molecular weight excluding hydrogens is 260 g/mol. The van der Waals surface area contributed by atoms with Gasteiger partial charge >= 0.3 is 0 Å². The van der Waals surface area contributed by atoms with Gasteiger partial charge in [0.2, 0.25) is 5.95 Å². The average molecular weight is 282 g/mol. The number of para-hydroxylation sites is 1. The van der Waals surface area contributed by atoms with E-state index in [1.165, 1.54) is 24.1 Å². The van der Waals surface area contributed by atoms with Crippen molar-refractivity contribution < 1.29 is 0 Å². The highest BCUT2D eigenvalue weighted by Gasteiger charge is 2.22. The van der Waals surface area contributed by atoms with Crippen molar-refractivity contribution in [2.75, 3.05) is 29.9 Å². The van der Waals surface area contributed by atoms with E-state index in [0.29, 0.717) is 0 Å². The van der Waals surface area contributed by atoms with Crippen LogP contribution in [-0.2, 0) is 6.42 Å². The van der Waals surface area contributed by atoms with Crippen molar-refractivity contribution in [3.05, 3.63) is 42.1 Å². The largest absolute Gasteiger partial charge is 0.360 e. The zero-order valence-corrected chi connectivity index (χ0v) is 12.8. The standard InChI is InChI=1S/C17H22N4/c1-3-4-12-20(2)16-9-11-18-17(19-16)21-13-10-14-7-5-6-8-15(14)21/h5-9,11H,3-4,10,12-13H2,1-2H3. The van der Waals surface area contributed by atoms with Crippen LogP contribution in [0.25, 0.3) is 0 Å². The van der Waals surface area contributed by atoms with E-state index in [1.807, 2.05) is 12.3 Å². The maximum Gasteiger partial charge on any atom is 0.231 e. The minimum Gasteiger partial charge on any atom is -0.360 e. The van der Waals surface area contributed by atoms with E-state index >= 15 is 0 Å². The van der Waals surface area contributed by atoms with Gasteiger partial charge in [-0.15, -0.1) is 0 Å². The van der Waals surface area contributed by atoms with Gasteiger partial charge in [-0.1, -0.05) is 31.5 Å². The third-order valence-corrected chi connectivity index (χ3v) is 3.99. The second kappa shape index (κ2) is 6.12. The van der Waals surface area contributed by atoms with Crippen molar-refractivity contribution in [2.45, 2.75) is 26.2 Å². The monoisotopic (exact) mass is 282 g/mol. The first-order chi connectivity index (χ1) is 10.3. The lowest BCUT2D eigenvalue weighted by atomic mass is 10.2. The Balaban J connectivity index is 1.84. The first kappa shape index (κ1) is 13.9. The van der Waals surface area contributed by atoms with E-state index < -0.39 is 0 Å². The van der Waals surface area contributed by atoms with Crippen LogP contribution in [0.5, 0.6) is 0 Å². The van der Waals surface area contributed by atoms with Crippen molar-refractivity contribution in [1.82, 2.24) is 9.97 Å². The van der Waals surface area contributed by atoms with Gasteiger partial charge in [-0.25, -0.2) is 4.98 Å². The van der Waals surface area contributed by atoms with Crippen LogP contribution in [0.1, 0.15) is 25.3 Å². The summed E-state index contributed by atoms with van der Waals surface area (Å²) < 4.78 is 0. The van der Waals surface area contributed by atoms with Crippen LogP contribution >= 0.6 is 0 Å². The summed E-state index contributed by atoms with van der Waals surface area (Å²) in [4.78, 5) is 13.6. The summed E-state index contributed by atoms with van der Waals surface area (Å²) in [5.74, 6) is 1.80. The Bertz CT molecular complexity index is 611. The fourth-order valence-electron chi connectivity index (χ4n) is 2.74. The van der Waals surface area contributed by atoms with Gasteiger partial charge in [0.05, 0.1) is 0 Å². The maximum atomic E-state index is 4.75. The minimum absolute atomic E-state index is 0.806. The van der Waals surface area contributed by atoms with Gasteiger partial charge in [0.1, 0.15) is 5.82 Å². The Kier molecular flexibility index (Phi) is 4.04. The zero-order valence-electron chi connectivity index (χ0n) is 12.8. The first-order valence-corrected chi connectivity index (χ1v) is 7.69. The second-order valence-electron chi connectivity index (χ2n) is 5.52. The van der Waals surface area contributed by atoms with Gasteiger partial charge in [0, 0.05) is 32.0 Å². The number of hydrogen-bond donors (Lipinski definition) is 0. The molecule has 4 nitrogen and oxygen atoms in total. The first-order valence-electron chi connectivity index (χ1n) is 7.69. The van der Waals surface area contributed by atoms with Crippen LogP contribution in [-0.4, -0.2) is 30.1 Å². The molecule has 2 heterocycles. The van der Waals surface area contributed by atoms with Gasteiger partial charge in [-0.2, -0.15) is 4.98 Å². The number of benzene rings is 1. The van der Waals surface area contributed by atoms with Gasteiger partial charge in [-0.05, 0) is 30.5 Å². The molecule has 0 amide bonds. The molecule has 1 aliphatic rings. The fraction of sp³-hybridized carbons (Fsp3) is 0.412. The quantitative estimate of drug-likeness (QED) is 0.841. The van der Waals surface area contributed by atoms with Gasteiger partial charge < -0.3 is 9.80 Å². The van der Waals surface area contributed by atoms with Crippen LogP contribution in [0, 0.1) is 0 Å². The molecule has 0 spiro atoms. The van der Waals surface area contributed by atoms with E-state index in [0.717, 1.165) is 31.3 Å². The number of anilines is 3. The molecular formula is C17H22N4. The van der Waals surface area contributed by atoms with Crippen molar-refractivity contribution in [2.24, 2.45) is 0 Å². The molecule has 0 atom stereocenters. The molecule has 1 aliphatic heterocycles. The second-order valence-corrected chi connectivity index (χ2v) is 5.52. The lowest BCUT2D eigenvalue weighted by Gasteiger charge is -2.21. The molecule has 110 valence electrons. The molecule has 0 aliphatic carbocycles. The number of hydrogen-bond acceptors (Lipinski definition) is 4. The molecule has 0 fully saturated rings. The van der Waals surface area contributed by atoms with Crippen LogP contribution in [0.15, 0.2) is 36.5 Å². The maximum absolute atomic E-state index is 4.75. The third kappa shape index (κ3) is 2.84.